The van der Waals surface area contributed by atoms with Crippen molar-refractivity contribution >= 4 is 5.69 Å². The molecule has 1 atom stereocenters. The fraction of sp³-hybridized carbons (Fsp3) is 0.571. The first kappa shape index (κ1) is 14.9. The van der Waals surface area contributed by atoms with Crippen LogP contribution in [0.2, 0.25) is 0 Å². The minimum absolute atomic E-state index is 0.162. The number of likely N-dealkylation sites (N-methyl/N-ethyl adjacent to an activating group) is 1. The van der Waals surface area contributed by atoms with Crippen molar-refractivity contribution in [3.8, 4) is 0 Å². The highest BCUT2D eigenvalue weighted by molar-refractivity contribution is 5.55. The average molecular weight is 255 g/mol. The van der Waals surface area contributed by atoms with Gasteiger partial charge in [0.1, 0.15) is 5.82 Å². The van der Waals surface area contributed by atoms with Crippen molar-refractivity contribution in [3.05, 3.63) is 29.6 Å². The van der Waals surface area contributed by atoms with E-state index in [1.807, 2.05) is 13.8 Å². The summed E-state index contributed by atoms with van der Waals surface area (Å²) in [7, 11) is 1.80. The third kappa shape index (κ3) is 3.96. The summed E-state index contributed by atoms with van der Waals surface area (Å²) in [5.41, 5.74) is 1.04. The number of anilines is 1. The molecular formula is C14H22FNO2. The SMILES string of the molecule is CC(C)OCCN(C)c1c(F)cccc1C(C)O. The molecule has 1 aromatic carbocycles. The monoisotopic (exact) mass is 255 g/mol. The number of halogens is 1. The van der Waals surface area contributed by atoms with E-state index in [2.05, 4.69) is 0 Å². The van der Waals surface area contributed by atoms with E-state index in [1.165, 1.54) is 6.07 Å². The molecule has 0 aliphatic carbocycles. The number of aliphatic hydroxyl groups excluding tert-OH is 1. The molecule has 0 fully saturated rings. The van der Waals surface area contributed by atoms with Gasteiger partial charge in [-0.2, -0.15) is 0 Å². The largest absolute Gasteiger partial charge is 0.389 e. The lowest BCUT2D eigenvalue weighted by Crippen LogP contribution is -2.26. The molecule has 0 bridgehead atoms. The molecule has 0 aliphatic rings. The molecule has 0 spiro atoms. The second-order valence-electron chi connectivity index (χ2n) is 4.69. The molecule has 1 aromatic rings. The number of para-hydroxylation sites is 1. The van der Waals surface area contributed by atoms with Gasteiger partial charge in [0.2, 0.25) is 0 Å². The van der Waals surface area contributed by atoms with Gasteiger partial charge in [-0.1, -0.05) is 12.1 Å². The fourth-order valence-corrected chi connectivity index (χ4v) is 1.81. The number of benzene rings is 1. The molecule has 0 aromatic heterocycles. The summed E-state index contributed by atoms with van der Waals surface area (Å²) in [6, 6.07) is 4.75. The Kier molecular flexibility index (Phi) is 5.56. The van der Waals surface area contributed by atoms with Crippen LogP contribution in [0.5, 0.6) is 0 Å². The Morgan fingerprint density at radius 1 is 1.33 bits per heavy atom. The molecule has 102 valence electrons. The summed E-state index contributed by atoms with van der Waals surface area (Å²) >= 11 is 0. The van der Waals surface area contributed by atoms with Crippen LogP contribution in [-0.2, 0) is 4.74 Å². The number of ether oxygens (including phenoxy) is 1. The van der Waals surface area contributed by atoms with Crippen LogP contribution >= 0.6 is 0 Å². The molecule has 0 saturated heterocycles. The Morgan fingerprint density at radius 2 is 2.00 bits per heavy atom. The standard InChI is InChI=1S/C14H22FNO2/c1-10(2)18-9-8-16(4)14-12(11(3)17)6-5-7-13(14)15/h5-7,10-11,17H,8-9H2,1-4H3. The maximum Gasteiger partial charge on any atom is 0.146 e. The van der Waals surface area contributed by atoms with E-state index in [0.29, 0.717) is 24.4 Å². The van der Waals surface area contributed by atoms with Crippen molar-refractivity contribution in [3.63, 3.8) is 0 Å². The number of hydrogen-bond donors (Lipinski definition) is 1. The molecule has 4 heteroatoms. The first-order valence-electron chi connectivity index (χ1n) is 6.22. The third-order valence-corrected chi connectivity index (χ3v) is 2.73. The lowest BCUT2D eigenvalue weighted by atomic mass is 10.1. The molecule has 0 saturated carbocycles. The molecule has 1 rings (SSSR count). The highest BCUT2D eigenvalue weighted by Crippen LogP contribution is 2.28. The zero-order chi connectivity index (χ0) is 13.7. The van der Waals surface area contributed by atoms with Gasteiger partial charge in [-0.15, -0.1) is 0 Å². The van der Waals surface area contributed by atoms with E-state index in [-0.39, 0.29) is 11.9 Å². The van der Waals surface area contributed by atoms with Gasteiger partial charge in [0, 0.05) is 19.2 Å². The lowest BCUT2D eigenvalue weighted by molar-refractivity contribution is 0.0844. The summed E-state index contributed by atoms with van der Waals surface area (Å²) in [5.74, 6) is -0.319. The maximum atomic E-state index is 13.9. The quantitative estimate of drug-likeness (QED) is 0.848. The highest BCUT2D eigenvalue weighted by Gasteiger charge is 2.15. The summed E-state index contributed by atoms with van der Waals surface area (Å²) in [6.45, 7) is 6.67. The Morgan fingerprint density at radius 3 is 2.56 bits per heavy atom. The van der Waals surface area contributed by atoms with Gasteiger partial charge < -0.3 is 14.7 Å². The first-order valence-corrected chi connectivity index (χ1v) is 6.22. The number of hydrogen-bond acceptors (Lipinski definition) is 3. The predicted molar refractivity (Wildman–Crippen MR) is 71.4 cm³/mol. The normalized spacial score (nSPS) is 12.8. The van der Waals surface area contributed by atoms with E-state index in [1.54, 1.807) is 31.0 Å². The van der Waals surface area contributed by atoms with Crippen LogP contribution in [0.15, 0.2) is 18.2 Å². The number of nitrogens with zero attached hydrogens (tertiary/aromatic N) is 1. The molecule has 0 amide bonds. The second-order valence-corrected chi connectivity index (χ2v) is 4.69. The zero-order valence-corrected chi connectivity index (χ0v) is 11.5. The Hall–Kier alpha value is -1.13. The molecule has 18 heavy (non-hydrogen) atoms. The van der Waals surface area contributed by atoms with Gasteiger partial charge in [0.25, 0.3) is 0 Å². The number of aliphatic hydroxyl groups is 1. The maximum absolute atomic E-state index is 13.9. The fourth-order valence-electron chi connectivity index (χ4n) is 1.81. The molecule has 0 aliphatic heterocycles. The summed E-state index contributed by atoms with van der Waals surface area (Å²) in [6.07, 6.45) is -0.528. The van der Waals surface area contributed by atoms with Crippen molar-refractivity contribution < 1.29 is 14.2 Å². The Bertz CT molecular complexity index is 380. The van der Waals surface area contributed by atoms with E-state index >= 15 is 0 Å². The first-order chi connectivity index (χ1) is 8.43. The second kappa shape index (κ2) is 6.71. The number of rotatable bonds is 6. The summed E-state index contributed by atoms with van der Waals surface area (Å²) in [5, 5.41) is 9.67. The average Bonchev–Trinajstić information content (AvgIpc) is 2.27. The smallest absolute Gasteiger partial charge is 0.146 e. The predicted octanol–water partition coefficient (Wildman–Crippen LogP) is 2.74. The van der Waals surface area contributed by atoms with E-state index < -0.39 is 6.10 Å². The molecule has 1 unspecified atom stereocenters. The Balaban J connectivity index is 2.80. The zero-order valence-electron chi connectivity index (χ0n) is 11.5. The summed E-state index contributed by atoms with van der Waals surface area (Å²) < 4.78 is 19.3. The van der Waals surface area contributed by atoms with Gasteiger partial charge in [-0.25, -0.2) is 4.39 Å². The van der Waals surface area contributed by atoms with Crippen LogP contribution in [-0.4, -0.2) is 31.4 Å². The van der Waals surface area contributed by atoms with Crippen LogP contribution in [0.25, 0.3) is 0 Å². The Labute approximate surface area is 108 Å². The van der Waals surface area contributed by atoms with Crippen molar-refractivity contribution in [1.29, 1.82) is 0 Å². The topological polar surface area (TPSA) is 32.7 Å². The van der Waals surface area contributed by atoms with Gasteiger partial charge in [0.05, 0.1) is 24.5 Å². The van der Waals surface area contributed by atoms with Gasteiger partial charge in [-0.3, -0.25) is 0 Å². The van der Waals surface area contributed by atoms with Crippen LogP contribution in [0, 0.1) is 5.82 Å². The van der Waals surface area contributed by atoms with E-state index in [9.17, 15) is 9.50 Å². The van der Waals surface area contributed by atoms with E-state index in [0.717, 1.165) is 0 Å². The van der Waals surface area contributed by atoms with Crippen LogP contribution < -0.4 is 4.90 Å². The van der Waals surface area contributed by atoms with Crippen molar-refractivity contribution in [2.75, 3.05) is 25.1 Å². The van der Waals surface area contributed by atoms with Crippen LogP contribution in [0.4, 0.5) is 10.1 Å². The molecule has 1 N–H and O–H groups in total. The van der Waals surface area contributed by atoms with Gasteiger partial charge >= 0.3 is 0 Å². The minimum atomic E-state index is -0.691. The molecular weight excluding hydrogens is 233 g/mol. The van der Waals surface area contributed by atoms with Crippen LogP contribution in [0.3, 0.4) is 0 Å². The van der Waals surface area contributed by atoms with Crippen molar-refractivity contribution in [1.82, 2.24) is 0 Å². The molecule has 0 heterocycles. The lowest BCUT2D eigenvalue weighted by Gasteiger charge is -2.24. The summed E-state index contributed by atoms with van der Waals surface area (Å²) in [4.78, 5) is 1.78. The van der Waals surface area contributed by atoms with E-state index in [4.69, 9.17) is 4.74 Å². The molecule has 3 nitrogen and oxygen atoms in total. The van der Waals surface area contributed by atoms with Crippen molar-refractivity contribution in [2.45, 2.75) is 33.0 Å². The van der Waals surface area contributed by atoms with Gasteiger partial charge in [0.15, 0.2) is 0 Å². The van der Waals surface area contributed by atoms with Crippen molar-refractivity contribution in [2.24, 2.45) is 0 Å². The van der Waals surface area contributed by atoms with Crippen LogP contribution in [0.1, 0.15) is 32.4 Å². The third-order valence-electron chi connectivity index (χ3n) is 2.73. The highest BCUT2D eigenvalue weighted by atomic mass is 19.1. The van der Waals surface area contributed by atoms with Gasteiger partial charge in [-0.05, 0) is 26.8 Å². The molecule has 0 radical (unpaired) electrons. The minimum Gasteiger partial charge on any atom is -0.389 e.